The Morgan fingerprint density at radius 3 is 2.46 bits per heavy atom. The number of nitrogens with two attached hydrogens (primary N) is 2. The first-order valence-electron chi connectivity index (χ1n) is 4.11. The van der Waals surface area contributed by atoms with Crippen molar-refractivity contribution in [3.8, 4) is 0 Å². The molecule has 4 heteroatoms. The predicted molar refractivity (Wildman–Crippen MR) is 52.3 cm³/mol. The maximum Gasteiger partial charge on any atom is 0.117 e. The van der Waals surface area contributed by atoms with Crippen molar-refractivity contribution >= 4 is 5.69 Å². The molecule has 0 bridgehead atoms. The molecule has 0 amide bonds. The van der Waals surface area contributed by atoms with Crippen LogP contribution in [0.3, 0.4) is 0 Å². The van der Waals surface area contributed by atoms with E-state index in [1.807, 2.05) is 30.3 Å². The smallest absolute Gasteiger partial charge is 0.117 e. The van der Waals surface area contributed by atoms with Gasteiger partial charge in [0.25, 0.3) is 0 Å². The Labute approximate surface area is 76.8 Å². The minimum absolute atomic E-state index is 0.194. The number of hydrazine groups is 1. The molecule has 1 aliphatic heterocycles. The quantitative estimate of drug-likeness (QED) is 0.567. The molecule has 0 radical (unpaired) electrons. The second-order valence-corrected chi connectivity index (χ2v) is 2.92. The van der Waals surface area contributed by atoms with Crippen molar-refractivity contribution in [2.24, 2.45) is 11.5 Å². The zero-order valence-electron chi connectivity index (χ0n) is 7.14. The molecule has 68 valence electrons. The molecule has 1 atom stereocenters. The number of benzene rings is 1. The number of rotatable bonds is 1. The van der Waals surface area contributed by atoms with Gasteiger partial charge in [-0.2, -0.15) is 0 Å². The standard InChI is InChI=1S/C9H12N4/c10-8-6-9(11)13(12-8)7-4-2-1-3-5-7/h1-6,8,12H,10-11H2. The Morgan fingerprint density at radius 2 is 1.92 bits per heavy atom. The van der Waals surface area contributed by atoms with Gasteiger partial charge in [0.15, 0.2) is 0 Å². The number of nitrogens with one attached hydrogen (secondary N) is 1. The molecule has 0 saturated heterocycles. The maximum absolute atomic E-state index is 5.75. The number of nitrogens with zero attached hydrogens (tertiary/aromatic N) is 1. The van der Waals surface area contributed by atoms with Gasteiger partial charge >= 0.3 is 0 Å². The third kappa shape index (κ3) is 1.49. The molecule has 1 aromatic carbocycles. The van der Waals surface area contributed by atoms with Crippen LogP contribution in [-0.4, -0.2) is 6.17 Å². The molecule has 13 heavy (non-hydrogen) atoms. The topological polar surface area (TPSA) is 67.3 Å². The minimum atomic E-state index is -0.194. The number of hydrogen-bond donors (Lipinski definition) is 3. The molecule has 0 saturated carbocycles. The molecule has 4 nitrogen and oxygen atoms in total. The van der Waals surface area contributed by atoms with Gasteiger partial charge in [0, 0.05) is 0 Å². The minimum Gasteiger partial charge on any atom is -0.384 e. The second-order valence-electron chi connectivity index (χ2n) is 2.92. The summed E-state index contributed by atoms with van der Waals surface area (Å²) in [6.07, 6.45) is 1.58. The average molecular weight is 176 g/mol. The summed E-state index contributed by atoms with van der Waals surface area (Å²) >= 11 is 0. The zero-order valence-corrected chi connectivity index (χ0v) is 7.14. The third-order valence-electron chi connectivity index (χ3n) is 1.90. The van der Waals surface area contributed by atoms with Crippen molar-refractivity contribution in [2.45, 2.75) is 6.17 Å². The van der Waals surface area contributed by atoms with Crippen LogP contribution in [0.2, 0.25) is 0 Å². The number of anilines is 1. The Balaban J connectivity index is 2.25. The summed E-state index contributed by atoms with van der Waals surface area (Å²) < 4.78 is 0. The summed E-state index contributed by atoms with van der Waals surface area (Å²) in [5, 5.41) is 1.77. The molecule has 0 aromatic heterocycles. The van der Waals surface area contributed by atoms with Gasteiger partial charge in [-0.05, 0) is 18.2 Å². The summed E-state index contributed by atoms with van der Waals surface area (Å²) in [6, 6.07) is 9.79. The number of para-hydroxylation sites is 1. The summed E-state index contributed by atoms with van der Waals surface area (Å²) in [7, 11) is 0. The van der Waals surface area contributed by atoms with Gasteiger partial charge in [0.05, 0.1) is 11.9 Å². The van der Waals surface area contributed by atoms with E-state index in [-0.39, 0.29) is 6.17 Å². The van der Waals surface area contributed by atoms with Gasteiger partial charge in [-0.3, -0.25) is 5.01 Å². The van der Waals surface area contributed by atoms with Crippen molar-refractivity contribution in [1.82, 2.24) is 5.43 Å². The van der Waals surface area contributed by atoms with E-state index in [1.165, 1.54) is 0 Å². The molecule has 2 rings (SSSR count). The molecule has 1 unspecified atom stereocenters. The highest BCUT2D eigenvalue weighted by Crippen LogP contribution is 2.16. The Morgan fingerprint density at radius 1 is 1.23 bits per heavy atom. The SMILES string of the molecule is NC1=CC(N)NN1c1ccccc1. The van der Waals surface area contributed by atoms with Crippen LogP contribution >= 0.6 is 0 Å². The van der Waals surface area contributed by atoms with Crippen LogP contribution in [0.25, 0.3) is 0 Å². The first-order valence-corrected chi connectivity index (χ1v) is 4.11. The number of hydrogen-bond acceptors (Lipinski definition) is 4. The van der Waals surface area contributed by atoms with E-state index >= 15 is 0 Å². The van der Waals surface area contributed by atoms with E-state index in [2.05, 4.69) is 5.43 Å². The molecule has 0 fully saturated rings. The molecule has 0 aliphatic carbocycles. The van der Waals surface area contributed by atoms with Crippen LogP contribution < -0.4 is 21.9 Å². The highest BCUT2D eigenvalue weighted by atomic mass is 15.6. The van der Waals surface area contributed by atoms with Crippen LogP contribution in [0, 0.1) is 0 Å². The van der Waals surface area contributed by atoms with Crippen LogP contribution in [0.15, 0.2) is 42.2 Å². The Bertz CT molecular complexity index is 320. The Hall–Kier alpha value is -1.52. The lowest BCUT2D eigenvalue weighted by molar-refractivity contribution is 0.651. The summed E-state index contributed by atoms with van der Waals surface area (Å²) in [4.78, 5) is 0. The lowest BCUT2D eigenvalue weighted by atomic mass is 10.3. The monoisotopic (exact) mass is 176 g/mol. The molecule has 1 aromatic rings. The lowest BCUT2D eigenvalue weighted by Crippen LogP contribution is -2.42. The molecule has 1 heterocycles. The maximum atomic E-state index is 5.75. The van der Waals surface area contributed by atoms with Crippen molar-refractivity contribution in [3.63, 3.8) is 0 Å². The van der Waals surface area contributed by atoms with Crippen LogP contribution in [-0.2, 0) is 0 Å². The van der Waals surface area contributed by atoms with Gasteiger partial charge in [-0.1, -0.05) is 18.2 Å². The average Bonchev–Trinajstić information content (AvgIpc) is 2.47. The van der Waals surface area contributed by atoms with Gasteiger partial charge in [0.1, 0.15) is 5.82 Å². The van der Waals surface area contributed by atoms with Gasteiger partial charge in [0.2, 0.25) is 0 Å². The molecule has 0 spiro atoms. The van der Waals surface area contributed by atoms with E-state index in [1.54, 1.807) is 11.1 Å². The fourth-order valence-electron chi connectivity index (χ4n) is 1.32. The van der Waals surface area contributed by atoms with Gasteiger partial charge in [-0.15, -0.1) is 0 Å². The van der Waals surface area contributed by atoms with Crippen molar-refractivity contribution in [2.75, 3.05) is 5.01 Å². The third-order valence-corrected chi connectivity index (χ3v) is 1.90. The molecular formula is C9H12N4. The predicted octanol–water partition coefficient (Wildman–Crippen LogP) is 0.0961. The van der Waals surface area contributed by atoms with E-state index in [9.17, 15) is 0 Å². The Kier molecular flexibility index (Phi) is 1.92. The van der Waals surface area contributed by atoms with Crippen molar-refractivity contribution in [1.29, 1.82) is 0 Å². The van der Waals surface area contributed by atoms with Crippen LogP contribution in [0.4, 0.5) is 5.69 Å². The van der Waals surface area contributed by atoms with Crippen molar-refractivity contribution in [3.05, 3.63) is 42.2 Å². The van der Waals surface area contributed by atoms with Gasteiger partial charge in [-0.25, -0.2) is 5.43 Å². The van der Waals surface area contributed by atoms with Crippen LogP contribution in [0.1, 0.15) is 0 Å². The summed E-state index contributed by atoms with van der Waals surface area (Å²) in [5.41, 5.74) is 15.4. The van der Waals surface area contributed by atoms with E-state index in [0.29, 0.717) is 5.82 Å². The normalized spacial score (nSPS) is 21.8. The largest absolute Gasteiger partial charge is 0.384 e. The summed E-state index contributed by atoms with van der Waals surface area (Å²) in [6.45, 7) is 0. The fraction of sp³-hybridized carbons (Fsp3) is 0.111. The highest BCUT2D eigenvalue weighted by Gasteiger charge is 2.18. The fourth-order valence-corrected chi connectivity index (χ4v) is 1.32. The first-order chi connectivity index (χ1) is 6.27. The lowest BCUT2D eigenvalue weighted by Gasteiger charge is -2.20. The summed E-state index contributed by atoms with van der Waals surface area (Å²) in [5.74, 6) is 0.638. The molecule has 5 N–H and O–H groups in total. The van der Waals surface area contributed by atoms with Crippen LogP contribution in [0.5, 0.6) is 0 Å². The zero-order chi connectivity index (χ0) is 9.26. The van der Waals surface area contributed by atoms with Crippen molar-refractivity contribution < 1.29 is 0 Å². The highest BCUT2D eigenvalue weighted by molar-refractivity contribution is 5.51. The molecular weight excluding hydrogens is 164 g/mol. The second kappa shape index (κ2) is 3.08. The molecule has 1 aliphatic rings. The first kappa shape index (κ1) is 8.10. The van der Waals surface area contributed by atoms with Gasteiger partial charge < -0.3 is 11.5 Å². The van der Waals surface area contributed by atoms with E-state index in [4.69, 9.17) is 11.5 Å². The van der Waals surface area contributed by atoms with E-state index in [0.717, 1.165) is 5.69 Å². The van der Waals surface area contributed by atoms with E-state index < -0.39 is 0 Å².